The summed E-state index contributed by atoms with van der Waals surface area (Å²) in [7, 11) is 0. The molecule has 3 N–H and O–H groups in total. The number of aromatic nitrogens is 1. The Hall–Kier alpha value is -2.23. The highest BCUT2D eigenvalue weighted by atomic mass is 16.5. The summed E-state index contributed by atoms with van der Waals surface area (Å²) in [5.74, 6) is 1.70. The maximum Gasteiger partial charge on any atom is 0.133 e. The number of nitrogens with one attached hydrogen (secondary N) is 1. The molecule has 4 heteroatoms. The number of pyridine rings is 1. The fraction of sp³-hybridized carbons (Fsp3) is 0.267. The van der Waals surface area contributed by atoms with Gasteiger partial charge in [-0.1, -0.05) is 6.92 Å². The summed E-state index contributed by atoms with van der Waals surface area (Å²) in [4.78, 5) is 4.28. The number of aryl methyl sites for hydroxylation is 1. The highest BCUT2D eigenvalue weighted by molar-refractivity contribution is 5.61. The zero-order valence-corrected chi connectivity index (χ0v) is 11.3. The second-order valence-electron chi connectivity index (χ2n) is 4.43. The summed E-state index contributed by atoms with van der Waals surface area (Å²) in [5, 5.41) is 3.26. The maximum atomic E-state index is 5.68. The second kappa shape index (κ2) is 6.09. The molecule has 0 aliphatic carbocycles. The van der Waals surface area contributed by atoms with Gasteiger partial charge in [-0.3, -0.25) is 0 Å². The van der Waals surface area contributed by atoms with Crippen molar-refractivity contribution in [3.8, 4) is 5.75 Å². The summed E-state index contributed by atoms with van der Waals surface area (Å²) in [6, 6.07) is 9.74. The Bertz CT molecular complexity index is 538. The van der Waals surface area contributed by atoms with E-state index in [0.717, 1.165) is 35.8 Å². The van der Waals surface area contributed by atoms with Gasteiger partial charge in [-0.05, 0) is 49.2 Å². The molecule has 19 heavy (non-hydrogen) atoms. The van der Waals surface area contributed by atoms with Crippen LogP contribution in [-0.2, 0) is 0 Å². The Kier molecular flexibility index (Phi) is 4.23. The molecule has 4 nitrogen and oxygen atoms in total. The smallest absolute Gasteiger partial charge is 0.133 e. The third kappa shape index (κ3) is 3.61. The first kappa shape index (κ1) is 13.2. The Morgan fingerprint density at radius 3 is 2.63 bits per heavy atom. The summed E-state index contributed by atoms with van der Waals surface area (Å²) >= 11 is 0. The minimum atomic E-state index is 0.673. The Morgan fingerprint density at radius 2 is 2.00 bits per heavy atom. The van der Waals surface area contributed by atoms with Crippen molar-refractivity contribution in [1.82, 2.24) is 4.98 Å². The van der Waals surface area contributed by atoms with Crippen molar-refractivity contribution in [2.75, 3.05) is 17.7 Å². The highest BCUT2D eigenvalue weighted by Gasteiger charge is 2.01. The van der Waals surface area contributed by atoms with Gasteiger partial charge < -0.3 is 15.8 Å². The molecule has 1 heterocycles. The van der Waals surface area contributed by atoms with Gasteiger partial charge in [-0.2, -0.15) is 0 Å². The van der Waals surface area contributed by atoms with Gasteiger partial charge in [0.1, 0.15) is 11.6 Å². The van der Waals surface area contributed by atoms with Crippen LogP contribution in [0.5, 0.6) is 5.75 Å². The van der Waals surface area contributed by atoms with Gasteiger partial charge in [-0.25, -0.2) is 4.98 Å². The number of rotatable bonds is 5. The molecule has 0 atom stereocenters. The molecule has 1 aromatic carbocycles. The van der Waals surface area contributed by atoms with Crippen LogP contribution in [0.2, 0.25) is 0 Å². The number of hydrogen-bond acceptors (Lipinski definition) is 4. The molecule has 0 bridgehead atoms. The van der Waals surface area contributed by atoms with Gasteiger partial charge in [-0.15, -0.1) is 0 Å². The molecule has 0 aliphatic heterocycles. The topological polar surface area (TPSA) is 60.2 Å². The van der Waals surface area contributed by atoms with Crippen molar-refractivity contribution in [3.05, 3.63) is 42.1 Å². The number of ether oxygens (including phenoxy) is 1. The van der Waals surface area contributed by atoms with E-state index >= 15 is 0 Å². The van der Waals surface area contributed by atoms with Crippen LogP contribution in [0.4, 0.5) is 17.2 Å². The van der Waals surface area contributed by atoms with E-state index in [1.165, 1.54) is 0 Å². The molecule has 0 radical (unpaired) electrons. The molecule has 0 amide bonds. The minimum Gasteiger partial charge on any atom is -0.494 e. The van der Waals surface area contributed by atoms with Gasteiger partial charge in [0.2, 0.25) is 0 Å². The van der Waals surface area contributed by atoms with E-state index in [9.17, 15) is 0 Å². The number of nitrogens with two attached hydrogens (primary N) is 1. The van der Waals surface area contributed by atoms with E-state index in [-0.39, 0.29) is 0 Å². The van der Waals surface area contributed by atoms with Gasteiger partial charge >= 0.3 is 0 Å². The third-order valence-electron chi connectivity index (χ3n) is 2.69. The Morgan fingerprint density at radius 1 is 1.26 bits per heavy atom. The molecule has 2 rings (SSSR count). The number of nitrogens with zero attached hydrogens (tertiary/aromatic N) is 1. The fourth-order valence-electron chi connectivity index (χ4n) is 1.72. The molecular weight excluding hydrogens is 238 g/mol. The number of nitrogen functional groups attached to an aromatic ring is 1. The van der Waals surface area contributed by atoms with E-state index < -0.39 is 0 Å². The molecule has 2 aromatic rings. The van der Waals surface area contributed by atoms with Crippen molar-refractivity contribution in [2.24, 2.45) is 0 Å². The van der Waals surface area contributed by atoms with E-state index in [1.54, 1.807) is 6.20 Å². The van der Waals surface area contributed by atoms with Crippen LogP contribution >= 0.6 is 0 Å². The van der Waals surface area contributed by atoms with Crippen molar-refractivity contribution in [1.29, 1.82) is 0 Å². The first-order valence-electron chi connectivity index (χ1n) is 6.41. The van der Waals surface area contributed by atoms with Gasteiger partial charge in [0, 0.05) is 5.69 Å². The summed E-state index contributed by atoms with van der Waals surface area (Å²) in [6.45, 7) is 4.81. The Balaban J connectivity index is 2.06. The van der Waals surface area contributed by atoms with Crippen molar-refractivity contribution >= 4 is 17.2 Å². The normalized spacial score (nSPS) is 10.2. The van der Waals surface area contributed by atoms with Gasteiger partial charge in [0.25, 0.3) is 0 Å². The standard InChI is InChI=1S/C15H19N3O/c1-3-8-19-14-6-4-13(5-7-14)18-15-11(2)9-12(16)10-17-15/h4-7,9-10H,3,8,16H2,1-2H3,(H,17,18). The monoisotopic (exact) mass is 257 g/mol. The minimum absolute atomic E-state index is 0.673. The lowest BCUT2D eigenvalue weighted by molar-refractivity contribution is 0.317. The van der Waals surface area contributed by atoms with E-state index in [2.05, 4.69) is 17.2 Å². The van der Waals surface area contributed by atoms with Crippen molar-refractivity contribution in [3.63, 3.8) is 0 Å². The van der Waals surface area contributed by atoms with Gasteiger partial charge in [0.05, 0.1) is 18.5 Å². The molecule has 0 unspecified atom stereocenters. The van der Waals surface area contributed by atoms with E-state index in [1.807, 2.05) is 37.3 Å². The molecule has 0 aliphatic rings. The van der Waals surface area contributed by atoms with Crippen LogP contribution in [0.15, 0.2) is 36.5 Å². The first-order chi connectivity index (χ1) is 9.19. The lowest BCUT2D eigenvalue weighted by Gasteiger charge is -2.10. The summed E-state index contributed by atoms with van der Waals surface area (Å²) < 4.78 is 5.54. The first-order valence-corrected chi connectivity index (χ1v) is 6.41. The van der Waals surface area contributed by atoms with Crippen LogP contribution in [0.3, 0.4) is 0 Å². The predicted octanol–water partition coefficient (Wildman–Crippen LogP) is 3.50. The van der Waals surface area contributed by atoms with Crippen molar-refractivity contribution < 1.29 is 4.74 Å². The van der Waals surface area contributed by atoms with Crippen LogP contribution in [-0.4, -0.2) is 11.6 Å². The van der Waals surface area contributed by atoms with E-state index in [0.29, 0.717) is 5.69 Å². The third-order valence-corrected chi connectivity index (χ3v) is 2.69. The average Bonchev–Trinajstić information content (AvgIpc) is 2.41. The average molecular weight is 257 g/mol. The SMILES string of the molecule is CCCOc1ccc(Nc2ncc(N)cc2C)cc1. The maximum absolute atomic E-state index is 5.68. The molecule has 0 spiro atoms. The van der Waals surface area contributed by atoms with Crippen LogP contribution in [0.1, 0.15) is 18.9 Å². The second-order valence-corrected chi connectivity index (χ2v) is 4.43. The molecule has 0 fully saturated rings. The predicted molar refractivity (Wildman–Crippen MR) is 78.9 cm³/mol. The Labute approximate surface area is 113 Å². The number of benzene rings is 1. The zero-order chi connectivity index (χ0) is 13.7. The quantitative estimate of drug-likeness (QED) is 0.860. The molecule has 0 saturated carbocycles. The van der Waals surface area contributed by atoms with Crippen LogP contribution in [0, 0.1) is 6.92 Å². The van der Waals surface area contributed by atoms with Crippen LogP contribution < -0.4 is 15.8 Å². The van der Waals surface area contributed by atoms with E-state index in [4.69, 9.17) is 10.5 Å². The number of anilines is 3. The molecule has 0 saturated heterocycles. The fourth-order valence-corrected chi connectivity index (χ4v) is 1.72. The number of hydrogen-bond donors (Lipinski definition) is 2. The van der Waals surface area contributed by atoms with Crippen molar-refractivity contribution in [2.45, 2.75) is 20.3 Å². The molecule has 1 aromatic heterocycles. The lowest BCUT2D eigenvalue weighted by Crippen LogP contribution is -1.98. The molecular formula is C15H19N3O. The lowest BCUT2D eigenvalue weighted by atomic mass is 10.2. The molecule has 100 valence electrons. The summed E-state index contributed by atoms with van der Waals surface area (Å²) in [6.07, 6.45) is 2.66. The van der Waals surface area contributed by atoms with Gasteiger partial charge in [0.15, 0.2) is 0 Å². The van der Waals surface area contributed by atoms with Crippen LogP contribution in [0.25, 0.3) is 0 Å². The summed E-state index contributed by atoms with van der Waals surface area (Å²) in [5.41, 5.74) is 8.35. The zero-order valence-electron chi connectivity index (χ0n) is 11.3. The largest absolute Gasteiger partial charge is 0.494 e. The highest BCUT2D eigenvalue weighted by Crippen LogP contribution is 2.22.